The Morgan fingerprint density at radius 1 is 0.788 bits per heavy atom. The summed E-state index contributed by atoms with van der Waals surface area (Å²) in [7, 11) is 3.52. The fraction of sp³-hybridized carbons (Fsp3) is 0.263. The van der Waals surface area contributed by atoms with Gasteiger partial charge in [0.1, 0.15) is 24.0 Å². The van der Waals surface area contributed by atoms with Gasteiger partial charge in [0.25, 0.3) is 17.7 Å². The highest BCUT2D eigenvalue weighted by Gasteiger charge is 2.18. The Bertz CT molecular complexity index is 1820. The predicted octanol–water partition coefficient (Wildman–Crippen LogP) is 6.11. The van der Waals surface area contributed by atoms with Gasteiger partial charge >= 0.3 is 6.09 Å². The van der Waals surface area contributed by atoms with Gasteiger partial charge < -0.3 is 35.6 Å². The molecule has 1 heterocycles. The Morgan fingerprint density at radius 2 is 1.48 bits per heavy atom. The number of alkyl carbamates (subject to hydrolysis) is 1. The summed E-state index contributed by atoms with van der Waals surface area (Å²) in [5, 5.41) is 19.5. The number of hydrogen-bond donors (Lipinski definition) is 5. The van der Waals surface area contributed by atoms with Crippen LogP contribution in [0.2, 0.25) is 5.02 Å². The number of amidine groups is 1. The van der Waals surface area contributed by atoms with Crippen LogP contribution in [0.25, 0.3) is 0 Å². The molecular formula is C38H42ClN7O6. The molecule has 3 aromatic carbocycles. The van der Waals surface area contributed by atoms with Crippen molar-refractivity contribution in [3.8, 4) is 5.75 Å². The number of aromatic nitrogens is 1. The third-order valence-electron chi connectivity index (χ3n) is 7.60. The smallest absolute Gasteiger partial charge is 0.407 e. The van der Waals surface area contributed by atoms with Crippen LogP contribution in [0.15, 0.2) is 91.1 Å². The molecule has 1 aromatic heterocycles. The van der Waals surface area contributed by atoms with Gasteiger partial charge in [0, 0.05) is 44.5 Å². The number of hydrogen-bond acceptors (Lipinski definition) is 8. The molecule has 52 heavy (non-hydrogen) atoms. The highest BCUT2D eigenvalue weighted by molar-refractivity contribution is 6.30. The van der Waals surface area contributed by atoms with Crippen molar-refractivity contribution < 1.29 is 28.7 Å². The normalized spacial score (nSPS) is 10.4. The highest BCUT2D eigenvalue weighted by Crippen LogP contribution is 2.25. The maximum Gasteiger partial charge on any atom is 0.407 e. The van der Waals surface area contributed by atoms with Crippen molar-refractivity contribution in [3.05, 3.63) is 118 Å². The van der Waals surface area contributed by atoms with Crippen LogP contribution in [-0.2, 0) is 16.1 Å². The SMILES string of the molecule is CN(C)C(=N)c1ccc(C(=O)Nc2ccc(OCC(=O)NCCCCCCNC(=O)OCc3ccccc3)cc2C(=O)Nc2ccc(Cl)cn2)cc1. The summed E-state index contributed by atoms with van der Waals surface area (Å²) in [6, 6.07) is 23.6. The van der Waals surface area contributed by atoms with E-state index in [9.17, 15) is 19.2 Å². The second-order valence-corrected chi connectivity index (χ2v) is 12.3. The van der Waals surface area contributed by atoms with E-state index in [0.717, 1.165) is 31.2 Å². The molecule has 0 aliphatic rings. The van der Waals surface area contributed by atoms with Gasteiger partial charge in [-0.25, -0.2) is 9.78 Å². The van der Waals surface area contributed by atoms with Crippen LogP contribution < -0.4 is 26.0 Å². The second kappa shape index (κ2) is 20.0. The molecule has 0 unspecified atom stereocenters. The van der Waals surface area contributed by atoms with Gasteiger partial charge in [0.05, 0.1) is 16.3 Å². The number of anilines is 2. The van der Waals surface area contributed by atoms with Gasteiger partial charge in [-0.05, 0) is 60.9 Å². The lowest BCUT2D eigenvalue weighted by Crippen LogP contribution is -2.29. The first-order chi connectivity index (χ1) is 25.1. The van der Waals surface area contributed by atoms with E-state index in [1.165, 1.54) is 24.4 Å². The van der Waals surface area contributed by atoms with E-state index in [1.54, 1.807) is 55.4 Å². The molecule has 14 heteroatoms. The van der Waals surface area contributed by atoms with E-state index in [2.05, 4.69) is 26.3 Å². The van der Waals surface area contributed by atoms with Gasteiger partial charge in [-0.2, -0.15) is 0 Å². The number of pyridine rings is 1. The molecule has 0 spiro atoms. The summed E-state index contributed by atoms with van der Waals surface area (Å²) in [6.07, 6.45) is 4.21. The lowest BCUT2D eigenvalue weighted by molar-refractivity contribution is -0.123. The summed E-state index contributed by atoms with van der Waals surface area (Å²) >= 11 is 5.93. The standard InChI is InChI=1S/C38H42ClN7O6/c1-46(2)35(40)27-12-14-28(15-13-27)36(48)44-32-18-17-30(22-31(32)37(49)45-33-19-16-29(39)23-43-33)51-25-34(47)41-20-8-3-4-9-21-42-38(50)52-24-26-10-6-5-7-11-26/h5-7,10-19,22-23,40H,3-4,8-9,20-21,24-25H2,1-2H3,(H,41,47)(H,42,50)(H,44,48)(H,43,45,49). The zero-order valence-electron chi connectivity index (χ0n) is 29.0. The van der Waals surface area contributed by atoms with Crippen molar-refractivity contribution >= 4 is 52.8 Å². The number of ether oxygens (including phenoxy) is 2. The highest BCUT2D eigenvalue weighted by atomic mass is 35.5. The number of benzene rings is 3. The number of carbonyl (C=O) groups is 4. The minimum absolute atomic E-state index is 0.0768. The Labute approximate surface area is 307 Å². The summed E-state index contributed by atoms with van der Waals surface area (Å²) < 4.78 is 10.9. The van der Waals surface area contributed by atoms with Crippen LogP contribution in [0.5, 0.6) is 5.75 Å². The first-order valence-corrected chi connectivity index (χ1v) is 17.1. The summed E-state index contributed by atoms with van der Waals surface area (Å²) in [4.78, 5) is 56.6. The van der Waals surface area contributed by atoms with Gasteiger partial charge in [-0.1, -0.05) is 66.9 Å². The van der Waals surface area contributed by atoms with Crippen LogP contribution in [0.1, 0.15) is 57.5 Å². The van der Waals surface area contributed by atoms with Crippen molar-refractivity contribution in [2.45, 2.75) is 32.3 Å². The molecule has 272 valence electrons. The number of nitrogens with zero attached hydrogens (tertiary/aromatic N) is 2. The molecule has 4 rings (SSSR count). The third-order valence-corrected chi connectivity index (χ3v) is 7.82. The lowest BCUT2D eigenvalue weighted by Gasteiger charge is -2.15. The Balaban J connectivity index is 1.24. The quantitative estimate of drug-likeness (QED) is 0.0492. The fourth-order valence-corrected chi connectivity index (χ4v) is 4.88. The van der Waals surface area contributed by atoms with Crippen molar-refractivity contribution in [2.24, 2.45) is 0 Å². The van der Waals surface area contributed by atoms with Gasteiger partial charge in [-0.15, -0.1) is 0 Å². The van der Waals surface area contributed by atoms with E-state index in [-0.39, 0.29) is 41.9 Å². The molecule has 5 N–H and O–H groups in total. The van der Waals surface area contributed by atoms with Gasteiger partial charge in [0.15, 0.2) is 6.61 Å². The predicted molar refractivity (Wildman–Crippen MR) is 200 cm³/mol. The maximum atomic E-state index is 13.4. The van der Waals surface area contributed by atoms with Gasteiger partial charge in [-0.3, -0.25) is 19.8 Å². The molecule has 0 aliphatic carbocycles. The Kier molecular flexibility index (Phi) is 15.0. The number of nitrogens with one attached hydrogen (secondary N) is 5. The number of unbranched alkanes of at least 4 members (excludes halogenated alkanes) is 3. The van der Waals surface area contributed by atoms with Crippen LogP contribution in [0.3, 0.4) is 0 Å². The number of carbonyl (C=O) groups excluding carboxylic acids is 4. The Morgan fingerprint density at radius 3 is 2.15 bits per heavy atom. The first kappa shape index (κ1) is 38.8. The topological polar surface area (TPSA) is 175 Å². The molecule has 0 bridgehead atoms. The molecular weight excluding hydrogens is 686 g/mol. The van der Waals surface area contributed by atoms with Crippen molar-refractivity contribution in [2.75, 3.05) is 44.4 Å². The Hall–Kier alpha value is -5.95. The average molecular weight is 728 g/mol. The van der Waals surface area contributed by atoms with Crippen LogP contribution in [0.4, 0.5) is 16.3 Å². The fourth-order valence-electron chi connectivity index (χ4n) is 4.77. The lowest BCUT2D eigenvalue weighted by atomic mass is 10.1. The molecule has 0 atom stereocenters. The second-order valence-electron chi connectivity index (χ2n) is 11.8. The monoisotopic (exact) mass is 727 g/mol. The van der Waals surface area contributed by atoms with Crippen LogP contribution in [-0.4, -0.2) is 73.3 Å². The van der Waals surface area contributed by atoms with E-state index in [0.29, 0.717) is 35.1 Å². The van der Waals surface area contributed by atoms with Crippen molar-refractivity contribution in [1.82, 2.24) is 20.5 Å². The van der Waals surface area contributed by atoms with Crippen LogP contribution in [0, 0.1) is 5.41 Å². The molecule has 0 fully saturated rings. The zero-order chi connectivity index (χ0) is 37.3. The van der Waals surface area contributed by atoms with E-state index >= 15 is 0 Å². The minimum Gasteiger partial charge on any atom is -0.484 e. The summed E-state index contributed by atoms with van der Waals surface area (Å²) in [6.45, 7) is 0.899. The number of rotatable bonds is 17. The van der Waals surface area contributed by atoms with Crippen molar-refractivity contribution in [1.29, 1.82) is 5.41 Å². The maximum absolute atomic E-state index is 13.4. The average Bonchev–Trinajstić information content (AvgIpc) is 3.15. The summed E-state index contributed by atoms with van der Waals surface area (Å²) in [5.41, 5.74) is 2.18. The minimum atomic E-state index is -0.575. The van der Waals surface area contributed by atoms with Gasteiger partial charge in [0.2, 0.25) is 0 Å². The first-order valence-electron chi connectivity index (χ1n) is 16.7. The van der Waals surface area contributed by atoms with E-state index in [4.69, 9.17) is 26.5 Å². The molecule has 4 aromatic rings. The molecule has 0 aliphatic heterocycles. The summed E-state index contributed by atoms with van der Waals surface area (Å²) in [5.74, 6) is -0.590. The largest absolute Gasteiger partial charge is 0.484 e. The van der Waals surface area contributed by atoms with E-state index < -0.39 is 17.9 Å². The number of halogens is 1. The molecule has 13 nitrogen and oxygen atoms in total. The third kappa shape index (κ3) is 12.7. The number of amides is 4. The van der Waals surface area contributed by atoms with Crippen LogP contribution >= 0.6 is 11.6 Å². The molecule has 0 saturated heterocycles. The molecule has 0 saturated carbocycles. The van der Waals surface area contributed by atoms with Crippen molar-refractivity contribution in [3.63, 3.8) is 0 Å². The molecule has 4 amide bonds. The molecule has 0 radical (unpaired) electrons. The van der Waals surface area contributed by atoms with E-state index in [1.807, 2.05) is 30.3 Å². The zero-order valence-corrected chi connectivity index (χ0v) is 29.8.